The highest BCUT2D eigenvalue weighted by molar-refractivity contribution is 5.79. The summed E-state index contributed by atoms with van der Waals surface area (Å²) in [6, 6.07) is 0. The van der Waals surface area contributed by atoms with Gasteiger partial charge in [0.25, 0.3) is 0 Å². The molecule has 4 heteroatoms. The van der Waals surface area contributed by atoms with Gasteiger partial charge in [0.15, 0.2) is 0 Å². The fraction of sp³-hybridized carbons (Fsp3) is 0.500. The van der Waals surface area contributed by atoms with Gasteiger partial charge in [-0.25, -0.2) is 9.78 Å². The molecular formula is C10H12N2O2. The summed E-state index contributed by atoms with van der Waals surface area (Å²) in [5.74, 6) is 0.732. The number of hydrogen-bond donors (Lipinski definition) is 1. The number of nitrogens with zero attached hydrogens (tertiary/aromatic N) is 1. The average Bonchev–Trinajstić information content (AvgIpc) is 2.21. The average molecular weight is 192 g/mol. The van der Waals surface area contributed by atoms with Gasteiger partial charge in [-0.15, -0.1) is 0 Å². The normalized spacial score (nSPS) is 18.4. The van der Waals surface area contributed by atoms with Gasteiger partial charge >= 0.3 is 5.69 Å². The molecule has 1 aliphatic rings. The Labute approximate surface area is 81.4 Å². The molecule has 0 atom stereocenters. The van der Waals surface area contributed by atoms with Gasteiger partial charge in [-0.1, -0.05) is 0 Å². The van der Waals surface area contributed by atoms with E-state index in [-0.39, 0.29) is 5.69 Å². The summed E-state index contributed by atoms with van der Waals surface area (Å²) in [5.41, 5.74) is 0.720. The van der Waals surface area contributed by atoms with Crippen molar-refractivity contribution < 1.29 is 4.79 Å². The summed E-state index contributed by atoms with van der Waals surface area (Å²) in [7, 11) is 0. The number of hydrogen-bond acceptors (Lipinski definition) is 3. The third-order valence-corrected chi connectivity index (χ3v) is 2.71. The van der Waals surface area contributed by atoms with Crippen molar-refractivity contribution in [1.82, 2.24) is 9.97 Å². The summed E-state index contributed by atoms with van der Waals surface area (Å²) in [6.45, 7) is 0. The number of carbonyl (C=O) groups is 1. The first-order chi connectivity index (χ1) is 6.75. The smallest absolute Gasteiger partial charge is 0.312 e. The van der Waals surface area contributed by atoms with Gasteiger partial charge in [-0.2, -0.15) is 0 Å². The molecule has 0 bridgehead atoms. The number of ketones is 1. The van der Waals surface area contributed by atoms with E-state index in [0.29, 0.717) is 24.5 Å². The molecule has 1 saturated carbocycles. The van der Waals surface area contributed by atoms with Crippen molar-refractivity contribution in [2.75, 3.05) is 0 Å². The lowest BCUT2D eigenvalue weighted by Crippen LogP contribution is -2.15. The van der Waals surface area contributed by atoms with Crippen molar-refractivity contribution in [1.29, 1.82) is 0 Å². The van der Waals surface area contributed by atoms with Gasteiger partial charge in [-0.05, 0) is 24.3 Å². The van der Waals surface area contributed by atoms with E-state index >= 15 is 0 Å². The van der Waals surface area contributed by atoms with Gasteiger partial charge in [0.1, 0.15) is 5.78 Å². The molecule has 0 aromatic carbocycles. The Hall–Kier alpha value is -1.45. The Balaban J connectivity index is 2.12. The maximum atomic E-state index is 11.0. The van der Waals surface area contributed by atoms with E-state index in [1.807, 2.05) is 0 Å². The largest absolute Gasteiger partial charge is 0.344 e. The number of rotatable bonds is 1. The van der Waals surface area contributed by atoms with Crippen molar-refractivity contribution >= 4 is 5.78 Å². The summed E-state index contributed by atoms with van der Waals surface area (Å²) >= 11 is 0. The van der Waals surface area contributed by atoms with E-state index < -0.39 is 0 Å². The fourth-order valence-corrected chi connectivity index (χ4v) is 1.85. The zero-order chi connectivity index (χ0) is 9.97. The number of nitrogens with one attached hydrogen (secondary N) is 1. The number of H-pyrrole nitrogens is 1. The van der Waals surface area contributed by atoms with E-state index in [0.717, 1.165) is 18.4 Å². The highest BCUT2D eigenvalue weighted by Crippen LogP contribution is 2.29. The Morgan fingerprint density at radius 2 is 2.00 bits per heavy atom. The van der Waals surface area contributed by atoms with E-state index in [1.54, 1.807) is 12.4 Å². The van der Waals surface area contributed by atoms with Gasteiger partial charge < -0.3 is 4.98 Å². The van der Waals surface area contributed by atoms with Crippen molar-refractivity contribution in [2.45, 2.75) is 31.6 Å². The molecule has 1 aliphatic carbocycles. The van der Waals surface area contributed by atoms with Crippen LogP contribution < -0.4 is 5.69 Å². The van der Waals surface area contributed by atoms with Gasteiger partial charge in [0.2, 0.25) is 0 Å². The molecule has 0 radical (unpaired) electrons. The van der Waals surface area contributed by atoms with Gasteiger partial charge in [-0.3, -0.25) is 4.79 Å². The fourth-order valence-electron chi connectivity index (χ4n) is 1.85. The lowest BCUT2D eigenvalue weighted by atomic mass is 9.85. The molecule has 1 heterocycles. The van der Waals surface area contributed by atoms with Crippen molar-refractivity contribution in [2.24, 2.45) is 0 Å². The van der Waals surface area contributed by atoms with Crippen LogP contribution in [0.1, 0.15) is 37.2 Å². The summed E-state index contributed by atoms with van der Waals surface area (Å²) in [5, 5.41) is 0. The quantitative estimate of drug-likeness (QED) is 0.721. The second-order valence-corrected chi connectivity index (χ2v) is 3.66. The molecule has 4 nitrogen and oxygen atoms in total. The van der Waals surface area contributed by atoms with Crippen LogP contribution in [0.25, 0.3) is 0 Å². The lowest BCUT2D eigenvalue weighted by Gasteiger charge is -2.20. The lowest BCUT2D eigenvalue weighted by molar-refractivity contribution is -0.120. The third-order valence-electron chi connectivity index (χ3n) is 2.71. The van der Waals surface area contributed by atoms with Gasteiger partial charge in [0.05, 0.1) is 0 Å². The van der Waals surface area contributed by atoms with E-state index in [4.69, 9.17) is 0 Å². The highest BCUT2D eigenvalue weighted by atomic mass is 16.1. The van der Waals surface area contributed by atoms with Crippen LogP contribution in [0, 0.1) is 0 Å². The Morgan fingerprint density at radius 1 is 1.29 bits per heavy atom. The molecule has 1 N–H and O–H groups in total. The van der Waals surface area contributed by atoms with Crippen molar-refractivity contribution in [3.05, 3.63) is 28.4 Å². The molecule has 0 unspecified atom stereocenters. The van der Waals surface area contributed by atoms with E-state index in [9.17, 15) is 9.59 Å². The van der Waals surface area contributed by atoms with Crippen LogP contribution in [0.5, 0.6) is 0 Å². The first-order valence-corrected chi connectivity index (χ1v) is 4.82. The highest BCUT2D eigenvalue weighted by Gasteiger charge is 2.20. The van der Waals surface area contributed by atoms with Crippen LogP contribution in [-0.4, -0.2) is 15.8 Å². The zero-order valence-electron chi connectivity index (χ0n) is 7.82. The summed E-state index contributed by atoms with van der Waals surface area (Å²) in [6.07, 6.45) is 6.39. The second-order valence-electron chi connectivity index (χ2n) is 3.66. The number of Topliss-reactive ketones (excluding diaryl/α,β-unsaturated/α-hetero) is 1. The van der Waals surface area contributed by atoms with Crippen LogP contribution in [0.3, 0.4) is 0 Å². The SMILES string of the molecule is O=C1CCC(c2cnc(=O)[nH]c2)CC1. The Kier molecular flexibility index (Phi) is 2.43. The van der Waals surface area contributed by atoms with E-state index in [2.05, 4.69) is 9.97 Å². The zero-order valence-corrected chi connectivity index (χ0v) is 7.82. The molecule has 1 fully saturated rings. The summed E-state index contributed by atoms with van der Waals surface area (Å²) in [4.78, 5) is 28.0. The monoisotopic (exact) mass is 192 g/mol. The minimum absolute atomic E-state index is 0.319. The first-order valence-electron chi connectivity index (χ1n) is 4.82. The minimum atomic E-state index is -0.319. The number of aromatic amines is 1. The number of carbonyl (C=O) groups excluding carboxylic acids is 1. The molecule has 0 spiro atoms. The van der Waals surface area contributed by atoms with E-state index in [1.165, 1.54) is 0 Å². The Morgan fingerprint density at radius 3 is 2.57 bits per heavy atom. The molecule has 74 valence electrons. The van der Waals surface area contributed by atoms with Crippen LogP contribution in [-0.2, 0) is 4.79 Å². The van der Waals surface area contributed by atoms with Crippen molar-refractivity contribution in [3.63, 3.8) is 0 Å². The molecule has 0 saturated heterocycles. The molecule has 0 aliphatic heterocycles. The molecule has 14 heavy (non-hydrogen) atoms. The van der Waals surface area contributed by atoms with Crippen LogP contribution in [0.2, 0.25) is 0 Å². The third kappa shape index (κ3) is 1.89. The topological polar surface area (TPSA) is 62.8 Å². The maximum Gasteiger partial charge on any atom is 0.344 e. The standard InChI is InChI=1S/C10H12N2O2/c13-9-3-1-7(2-4-9)8-5-11-10(14)12-6-8/h5-7H,1-4H2,(H,11,12,14). The molecule has 1 aromatic rings. The number of aromatic nitrogens is 2. The first kappa shape index (κ1) is 9.12. The minimum Gasteiger partial charge on any atom is -0.312 e. The summed E-state index contributed by atoms with van der Waals surface area (Å²) < 4.78 is 0. The predicted molar refractivity (Wildman–Crippen MR) is 51.1 cm³/mol. The maximum absolute atomic E-state index is 11.0. The van der Waals surface area contributed by atoms with Crippen LogP contribution in [0.4, 0.5) is 0 Å². The van der Waals surface area contributed by atoms with Crippen LogP contribution >= 0.6 is 0 Å². The predicted octanol–water partition coefficient (Wildman–Crippen LogP) is 0.997. The van der Waals surface area contributed by atoms with Crippen molar-refractivity contribution in [3.8, 4) is 0 Å². The Bertz CT molecular complexity index is 367. The molecule has 2 rings (SSSR count). The molecular weight excluding hydrogens is 180 g/mol. The van der Waals surface area contributed by atoms with Gasteiger partial charge in [0, 0.05) is 25.2 Å². The molecule has 0 amide bonds. The second kappa shape index (κ2) is 3.74. The van der Waals surface area contributed by atoms with Crippen LogP contribution in [0.15, 0.2) is 17.2 Å². The molecule has 1 aromatic heterocycles.